The van der Waals surface area contributed by atoms with Gasteiger partial charge in [-0.25, -0.2) is 8.42 Å². The lowest BCUT2D eigenvalue weighted by atomic mass is 9.82. The molecule has 1 fully saturated rings. The van der Waals surface area contributed by atoms with Crippen LogP contribution in [0.5, 0.6) is 0 Å². The number of piperazine rings is 1. The lowest BCUT2D eigenvalue weighted by Crippen LogP contribution is -2.53. The molecule has 164 valence electrons. The number of nitrogens with zero attached hydrogens (tertiary/aromatic N) is 2. The van der Waals surface area contributed by atoms with Gasteiger partial charge in [0.2, 0.25) is 15.9 Å². The fraction of sp³-hybridized carbons (Fsp3) is 0.545. The third-order valence-electron chi connectivity index (χ3n) is 6.32. The van der Waals surface area contributed by atoms with Gasteiger partial charge in [-0.3, -0.25) is 9.59 Å². The van der Waals surface area contributed by atoms with Gasteiger partial charge in [-0.05, 0) is 42.9 Å². The number of carboxylic acids is 1. The van der Waals surface area contributed by atoms with Gasteiger partial charge >= 0.3 is 5.97 Å². The molecule has 1 aromatic rings. The van der Waals surface area contributed by atoms with E-state index >= 15 is 0 Å². The van der Waals surface area contributed by atoms with E-state index in [0.717, 1.165) is 12.0 Å². The van der Waals surface area contributed by atoms with Crippen LogP contribution >= 0.6 is 0 Å². The predicted molar refractivity (Wildman–Crippen MR) is 113 cm³/mol. The van der Waals surface area contributed by atoms with E-state index in [1.54, 1.807) is 23.1 Å². The highest BCUT2D eigenvalue weighted by molar-refractivity contribution is 7.89. The molecule has 1 aromatic carbocycles. The molecule has 0 aromatic heterocycles. The Morgan fingerprint density at radius 1 is 1.03 bits per heavy atom. The number of carboxylic acid groups (broad SMARTS) is 1. The smallest absolute Gasteiger partial charge is 0.307 e. The largest absolute Gasteiger partial charge is 0.481 e. The Bertz CT molecular complexity index is 902. The first-order valence-corrected chi connectivity index (χ1v) is 12.0. The molecule has 1 heterocycles. The molecule has 1 aliphatic heterocycles. The lowest BCUT2D eigenvalue weighted by Gasteiger charge is -2.37. The van der Waals surface area contributed by atoms with Gasteiger partial charge in [-0.2, -0.15) is 4.31 Å². The first-order chi connectivity index (χ1) is 14.3. The van der Waals surface area contributed by atoms with Crippen LogP contribution in [0.4, 0.5) is 0 Å². The summed E-state index contributed by atoms with van der Waals surface area (Å²) in [6, 6.07) is 7.03. The number of sulfonamides is 1. The molecule has 0 saturated carbocycles. The topological polar surface area (TPSA) is 95.0 Å². The monoisotopic (exact) mass is 434 g/mol. The number of amides is 1. The number of aliphatic carboxylic acids is 1. The SMILES string of the molecule is CC[C@H](C)c1ccc(S(=O)(=O)N2CCN(C(=O)[C@H]3CC=CC[C@H]3C(=O)O)CC2)cc1. The van der Waals surface area contributed by atoms with Crippen LogP contribution in [-0.2, 0) is 19.6 Å². The van der Waals surface area contributed by atoms with Gasteiger partial charge in [0.1, 0.15) is 0 Å². The van der Waals surface area contributed by atoms with E-state index in [-0.39, 0.29) is 37.0 Å². The van der Waals surface area contributed by atoms with E-state index < -0.39 is 27.8 Å². The van der Waals surface area contributed by atoms with E-state index in [1.807, 2.05) is 18.2 Å². The average Bonchev–Trinajstić information content (AvgIpc) is 2.78. The van der Waals surface area contributed by atoms with Crippen molar-refractivity contribution in [2.75, 3.05) is 26.2 Å². The molecular weight excluding hydrogens is 404 g/mol. The molecule has 1 N–H and O–H groups in total. The molecule has 0 unspecified atom stereocenters. The molecule has 1 aliphatic carbocycles. The van der Waals surface area contributed by atoms with E-state index in [2.05, 4.69) is 13.8 Å². The van der Waals surface area contributed by atoms with Crippen LogP contribution in [0.15, 0.2) is 41.3 Å². The maximum absolute atomic E-state index is 13.0. The zero-order valence-corrected chi connectivity index (χ0v) is 18.3. The Morgan fingerprint density at radius 3 is 2.13 bits per heavy atom. The number of allylic oxidation sites excluding steroid dienone is 2. The third kappa shape index (κ3) is 4.59. The number of benzene rings is 1. The minimum absolute atomic E-state index is 0.193. The van der Waals surface area contributed by atoms with Crippen molar-refractivity contribution in [3.8, 4) is 0 Å². The van der Waals surface area contributed by atoms with Crippen molar-refractivity contribution in [1.82, 2.24) is 9.21 Å². The molecule has 0 spiro atoms. The van der Waals surface area contributed by atoms with E-state index in [1.165, 1.54) is 4.31 Å². The Labute approximate surface area is 178 Å². The molecule has 1 amide bonds. The van der Waals surface area contributed by atoms with Crippen LogP contribution in [0.25, 0.3) is 0 Å². The second-order valence-corrected chi connectivity index (χ2v) is 10.0. The summed E-state index contributed by atoms with van der Waals surface area (Å²) in [4.78, 5) is 26.2. The van der Waals surface area contributed by atoms with Crippen LogP contribution < -0.4 is 0 Å². The Kier molecular flexibility index (Phi) is 6.98. The highest BCUT2D eigenvalue weighted by Crippen LogP contribution is 2.29. The summed E-state index contributed by atoms with van der Waals surface area (Å²) < 4.78 is 27.4. The summed E-state index contributed by atoms with van der Waals surface area (Å²) in [6.07, 6.45) is 5.41. The van der Waals surface area contributed by atoms with Crippen molar-refractivity contribution in [3.05, 3.63) is 42.0 Å². The zero-order chi connectivity index (χ0) is 21.9. The minimum atomic E-state index is -3.62. The number of carbonyl (C=O) groups is 2. The molecule has 0 radical (unpaired) electrons. The number of hydrogen-bond acceptors (Lipinski definition) is 4. The molecule has 30 heavy (non-hydrogen) atoms. The fourth-order valence-corrected chi connectivity index (χ4v) is 5.52. The fourth-order valence-electron chi connectivity index (χ4n) is 4.10. The van der Waals surface area contributed by atoms with Crippen LogP contribution in [0.2, 0.25) is 0 Å². The molecule has 1 saturated heterocycles. The van der Waals surface area contributed by atoms with Gasteiger partial charge < -0.3 is 10.0 Å². The second-order valence-electron chi connectivity index (χ2n) is 8.10. The maximum Gasteiger partial charge on any atom is 0.307 e. The summed E-state index contributed by atoms with van der Waals surface area (Å²) in [7, 11) is -3.62. The molecular formula is C22H30N2O5S. The van der Waals surface area contributed by atoms with Gasteiger partial charge in [0.25, 0.3) is 0 Å². The van der Waals surface area contributed by atoms with Crippen molar-refractivity contribution < 1.29 is 23.1 Å². The second kappa shape index (κ2) is 9.31. The predicted octanol–water partition coefficient (Wildman–Crippen LogP) is 2.70. The summed E-state index contributed by atoms with van der Waals surface area (Å²) in [5, 5.41) is 9.41. The molecule has 8 heteroatoms. The minimum Gasteiger partial charge on any atom is -0.481 e. The van der Waals surface area contributed by atoms with Gasteiger partial charge in [-0.1, -0.05) is 38.1 Å². The van der Waals surface area contributed by atoms with E-state index in [0.29, 0.717) is 18.8 Å². The van der Waals surface area contributed by atoms with Crippen LogP contribution in [0.3, 0.4) is 0 Å². The van der Waals surface area contributed by atoms with Crippen molar-refractivity contribution in [3.63, 3.8) is 0 Å². The van der Waals surface area contributed by atoms with E-state index in [9.17, 15) is 23.1 Å². The average molecular weight is 435 g/mol. The number of hydrogen-bond donors (Lipinski definition) is 1. The van der Waals surface area contributed by atoms with Gasteiger partial charge in [0, 0.05) is 26.2 Å². The van der Waals surface area contributed by atoms with Crippen molar-refractivity contribution in [2.45, 2.75) is 43.9 Å². The van der Waals surface area contributed by atoms with Crippen molar-refractivity contribution in [2.24, 2.45) is 11.8 Å². The van der Waals surface area contributed by atoms with Gasteiger partial charge in [-0.15, -0.1) is 0 Å². The lowest BCUT2D eigenvalue weighted by molar-refractivity contribution is -0.151. The Balaban J connectivity index is 1.65. The van der Waals surface area contributed by atoms with Gasteiger partial charge in [0.05, 0.1) is 16.7 Å². The normalized spacial score (nSPS) is 23.9. The zero-order valence-electron chi connectivity index (χ0n) is 17.5. The number of rotatable bonds is 6. The highest BCUT2D eigenvalue weighted by Gasteiger charge is 2.38. The molecule has 0 bridgehead atoms. The molecule has 2 aliphatic rings. The molecule has 3 rings (SSSR count). The molecule has 3 atom stereocenters. The first kappa shape index (κ1) is 22.5. The summed E-state index contributed by atoms with van der Waals surface area (Å²) in [6.45, 7) is 5.17. The van der Waals surface area contributed by atoms with Gasteiger partial charge in [0.15, 0.2) is 0 Å². The summed E-state index contributed by atoms with van der Waals surface area (Å²) in [5.41, 5.74) is 1.11. The molecule has 7 nitrogen and oxygen atoms in total. The quantitative estimate of drug-likeness (QED) is 0.695. The third-order valence-corrected chi connectivity index (χ3v) is 8.23. The van der Waals surface area contributed by atoms with Crippen LogP contribution in [0, 0.1) is 11.8 Å². The van der Waals surface area contributed by atoms with E-state index in [4.69, 9.17) is 0 Å². The first-order valence-electron chi connectivity index (χ1n) is 10.5. The standard InChI is InChI=1S/C22H30N2O5S/c1-3-16(2)17-8-10-18(11-9-17)30(28,29)24-14-12-23(13-15-24)21(25)19-6-4-5-7-20(19)22(26)27/h4-5,8-11,16,19-20H,3,6-7,12-15H2,1-2H3,(H,26,27)/t16-,19-,20+/m0/s1. The maximum atomic E-state index is 13.0. The van der Waals surface area contributed by atoms with Crippen molar-refractivity contribution >= 4 is 21.9 Å². The summed E-state index contributed by atoms with van der Waals surface area (Å²) in [5.74, 6) is -2.07. The van der Waals surface area contributed by atoms with Crippen molar-refractivity contribution in [1.29, 1.82) is 0 Å². The highest BCUT2D eigenvalue weighted by atomic mass is 32.2. The number of carbonyl (C=O) groups excluding carboxylic acids is 1. The van der Waals surface area contributed by atoms with Crippen LogP contribution in [0.1, 0.15) is 44.6 Å². The Morgan fingerprint density at radius 2 is 1.60 bits per heavy atom. The van der Waals surface area contributed by atoms with Crippen LogP contribution in [-0.4, -0.2) is 60.8 Å². The Hall–Kier alpha value is -2.19. The summed E-state index contributed by atoms with van der Waals surface area (Å²) >= 11 is 0.